The first kappa shape index (κ1) is 14.1. The van der Waals surface area contributed by atoms with Gasteiger partial charge in [0.15, 0.2) is 5.76 Å². The maximum absolute atomic E-state index is 11.7. The fourth-order valence-electron chi connectivity index (χ4n) is 2.02. The van der Waals surface area contributed by atoms with Gasteiger partial charge in [-0.1, -0.05) is 0 Å². The fraction of sp³-hybridized carbons (Fsp3) is 0.583. The molecule has 2 rings (SSSR count). The molecule has 2 heterocycles. The monoisotopic (exact) mass is 258 g/mol. The lowest BCUT2D eigenvalue weighted by Crippen LogP contribution is -2.38. The van der Waals surface area contributed by atoms with Crippen LogP contribution in [0.25, 0.3) is 0 Å². The molecule has 1 saturated heterocycles. The molecule has 1 amide bonds. The molecule has 2 N–H and O–H groups in total. The highest BCUT2D eigenvalue weighted by Gasteiger charge is 2.16. The zero-order valence-corrected chi connectivity index (χ0v) is 10.8. The van der Waals surface area contributed by atoms with Crippen molar-refractivity contribution in [3.63, 3.8) is 0 Å². The Morgan fingerprint density at radius 2 is 2.47 bits per heavy atom. The van der Waals surface area contributed by atoms with Crippen LogP contribution in [-0.2, 0) is 0 Å². The first-order valence-electron chi connectivity index (χ1n) is 5.80. The number of piperidine rings is 1. The highest BCUT2D eigenvalue weighted by atomic mass is 35.5. The van der Waals surface area contributed by atoms with E-state index in [2.05, 4.69) is 10.6 Å². The van der Waals surface area contributed by atoms with Gasteiger partial charge in [0.05, 0.1) is 6.26 Å². The minimum atomic E-state index is -0.104. The van der Waals surface area contributed by atoms with E-state index in [-0.39, 0.29) is 18.3 Å². The number of nitrogens with one attached hydrogen (secondary N) is 2. The summed E-state index contributed by atoms with van der Waals surface area (Å²) in [4.78, 5) is 11.7. The fourth-order valence-corrected chi connectivity index (χ4v) is 2.02. The van der Waals surface area contributed by atoms with Gasteiger partial charge in [0, 0.05) is 12.1 Å². The molecule has 1 aliphatic heterocycles. The van der Waals surface area contributed by atoms with Gasteiger partial charge in [-0.2, -0.15) is 0 Å². The standard InChI is InChI=1S/C12H18N2O2.ClH/c1-9-4-6-16-11(9)12(15)14-8-10-3-2-5-13-7-10;/h4,6,10,13H,2-3,5,7-8H2,1H3,(H,14,15);1H. The largest absolute Gasteiger partial charge is 0.459 e. The average molecular weight is 259 g/mol. The van der Waals surface area contributed by atoms with Gasteiger partial charge in [-0.3, -0.25) is 4.79 Å². The Bertz CT molecular complexity index is 359. The second-order valence-electron chi connectivity index (χ2n) is 4.36. The van der Waals surface area contributed by atoms with Gasteiger partial charge < -0.3 is 15.1 Å². The molecule has 0 saturated carbocycles. The van der Waals surface area contributed by atoms with Crippen LogP contribution in [-0.4, -0.2) is 25.5 Å². The Balaban J connectivity index is 0.00000144. The maximum Gasteiger partial charge on any atom is 0.287 e. The normalized spacial score (nSPS) is 19.5. The van der Waals surface area contributed by atoms with Crippen LogP contribution < -0.4 is 10.6 Å². The van der Waals surface area contributed by atoms with Gasteiger partial charge in [0.25, 0.3) is 5.91 Å². The molecule has 0 spiro atoms. The molecule has 17 heavy (non-hydrogen) atoms. The van der Waals surface area contributed by atoms with Crippen molar-refractivity contribution >= 4 is 18.3 Å². The molecule has 4 nitrogen and oxygen atoms in total. The molecule has 1 fully saturated rings. The number of aryl methyl sites for hydroxylation is 1. The average Bonchev–Trinajstić information content (AvgIpc) is 2.74. The van der Waals surface area contributed by atoms with Gasteiger partial charge in [-0.05, 0) is 44.8 Å². The van der Waals surface area contributed by atoms with Crippen molar-refractivity contribution in [1.82, 2.24) is 10.6 Å². The van der Waals surface area contributed by atoms with Crippen LogP contribution >= 0.6 is 12.4 Å². The van der Waals surface area contributed by atoms with E-state index in [4.69, 9.17) is 4.42 Å². The lowest BCUT2D eigenvalue weighted by Gasteiger charge is -2.22. The summed E-state index contributed by atoms with van der Waals surface area (Å²) < 4.78 is 5.14. The van der Waals surface area contributed by atoms with Gasteiger partial charge >= 0.3 is 0 Å². The number of carbonyl (C=O) groups is 1. The number of furan rings is 1. The Hall–Kier alpha value is -1.00. The summed E-state index contributed by atoms with van der Waals surface area (Å²) in [5.41, 5.74) is 0.888. The first-order chi connectivity index (χ1) is 7.77. The van der Waals surface area contributed by atoms with E-state index < -0.39 is 0 Å². The molecule has 1 unspecified atom stereocenters. The molecule has 5 heteroatoms. The van der Waals surface area contributed by atoms with Gasteiger partial charge in [0.1, 0.15) is 0 Å². The summed E-state index contributed by atoms with van der Waals surface area (Å²) in [7, 11) is 0. The van der Waals surface area contributed by atoms with Gasteiger partial charge in [-0.15, -0.1) is 12.4 Å². The third kappa shape index (κ3) is 3.75. The van der Waals surface area contributed by atoms with E-state index in [0.717, 1.165) is 25.2 Å². The summed E-state index contributed by atoms with van der Waals surface area (Å²) in [6, 6.07) is 1.80. The van der Waals surface area contributed by atoms with Crippen LogP contribution in [0.2, 0.25) is 0 Å². The lowest BCUT2D eigenvalue weighted by molar-refractivity contribution is 0.0916. The van der Waals surface area contributed by atoms with Crippen LogP contribution in [0.1, 0.15) is 29.0 Å². The summed E-state index contributed by atoms with van der Waals surface area (Å²) >= 11 is 0. The van der Waals surface area contributed by atoms with Crippen molar-refractivity contribution < 1.29 is 9.21 Å². The third-order valence-electron chi connectivity index (χ3n) is 3.02. The van der Waals surface area contributed by atoms with E-state index in [1.165, 1.54) is 12.8 Å². The van der Waals surface area contributed by atoms with Crippen LogP contribution in [0.3, 0.4) is 0 Å². The van der Waals surface area contributed by atoms with Gasteiger partial charge in [0.2, 0.25) is 0 Å². The number of halogens is 1. The summed E-state index contributed by atoms with van der Waals surface area (Å²) in [6.45, 7) is 4.70. The summed E-state index contributed by atoms with van der Waals surface area (Å²) in [6.07, 6.45) is 3.93. The topological polar surface area (TPSA) is 54.3 Å². The minimum Gasteiger partial charge on any atom is -0.459 e. The van der Waals surface area contributed by atoms with Crippen molar-refractivity contribution in [2.45, 2.75) is 19.8 Å². The molecule has 1 aromatic heterocycles. The van der Waals surface area contributed by atoms with E-state index in [0.29, 0.717) is 11.7 Å². The Morgan fingerprint density at radius 3 is 3.06 bits per heavy atom. The SMILES string of the molecule is Cc1ccoc1C(=O)NCC1CCCNC1.Cl. The van der Waals surface area contributed by atoms with E-state index >= 15 is 0 Å². The molecule has 0 bridgehead atoms. The zero-order valence-electron chi connectivity index (χ0n) is 9.99. The van der Waals surface area contributed by atoms with Crippen LogP contribution in [0.5, 0.6) is 0 Å². The molecule has 1 aliphatic rings. The zero-order chi connectivity index (χ0) is 11.4. The van der Waals surface area contributed by atoms with E-state index in [1.807, 2.05) is 6.92 Å². The molecular weight excluding hydrogens is 240 g/mol. The Kier molecular flexibility index (Phi) is 5.51. The molecule has 1 aromatic rings. The molecular formula is C12H19ClN2O2. The second-order valence-corrected chi connectivity index (χ2v) is 4.36. The van der Waals surface area contributed by atoms with E-state index in [1.54, 1.807) is 12.3 Å². The predicted octanol–water partition coefficient (Wildman–Crippen LogP) is 1.74. The molecule has 0 aromatic carbocycles. The van der Waals surface area contributed by atoms with Crippen molar-refractivity contribution in [1.29, 1.82) is 0 Å². The number of hydrogen-bond donors (Lipinski definition) is 2. The number of rotatable bonds is 3. The van der Waals surface area contributed by atoms with Crippen molar-refractivity contribution in [2.24, 2.45) is 5.92 Å². The van der Waals surface area contributed by atoms with Gasteiger partial charge in [-0.25, -0.2) is 0 Å². The lowest BCUT2D eigenvalue weighted by atomic mass is 10.00. The minimum absolute atomic E-state index is 0. The predicted molar refractivity (Wildman–Crippen MR) is 68.6 cm³/mol. The summed E-state index contributed by atoms with van der Waals surface area (Å²) in [5, 5.41) is 6.25. The molecule has 0 aliphatic carbocycles. The van der Waals surface area contributed by atoms with E-state index in [9.17, 15) is 4.79 Å². The van der Waals surface area contributed by atoms with Crippen molar-refractivity contribution in [3.8, 4) is 0 Å². The summed E-state index contributed by atoms with van der Waals surface area (Å²) in [5.74, 6) is 0.879. The van der Waals surface area contributed by atoms with Crippen LogP contribution in [0.15, 0.2) is 16.7 Å². The number of amides is 1. The maximum atomic E-state index is 11.7. The van der Waals surface area contributed by atoms with Crippen LogP contribution in [0, 0.1) is 12.8 Å². The number of hydrogen-bond acceptors (Lipinski definition) is 3. The molecule has 1 atom stereocenters. The second kappa shape index (κ2) is 6.67. The number of carbonyl (C=O) groups excluding carboxylic acids is 1. The first-order valence-corrected chi connectivity index (χ1v) is 5.80. The smallest absolute Gasteiger partial charge is 0.287 e. The molecule has 0 radical (unpaired) electrons. The molecule has 96 valence electrons. The van der Waals surface area contributed by atoms with Crippen LogP contribution in [0.4, 0.5) is 0 Å². The Morgan fingerprint density at radius 1 is 1.65 bits per heavy atom. The quantitative estimate of drug-likeness (QED) is 0.868. The van der Waals surface area contributed by atoms with Crippen molar-refractivity contribution in [2.75, 3.05) is 19.6 Å². The van der Waals surface area contributed by atoms with Crippen molar-refractivity contribution in [3.05, 3.63) is 23.7 Å². The highest BCUT2D eigenvalue weighted by molar-refractivity contribution is 5.92. The Labute approximate surface area is 108 Å². The highest BCUT2D eigenvalue weighted by Crippen LogP contribution is 2.11. The third-order valence-corrected chi connectivity index (χ3v) is 3.02.